The lowest BCUT2D eigenvalue weighted by Crippen LogP contribution is -2.43. The number of hydrogen-bond acceptors (Lipinski definition) is 5. The molecule has 1 aliphatic heterocycles. The Morgan fingerprint density at radius 2 is 1.97 bits per heavy atom. The molecule has 0 spiro atoms. The van der Waals surface area contributed by atoms with Gasteiger partial charge in [-0.25, -0.2) is 4.98 Å². The SMILES string of the molecule is C=CCNC(=O)c1csc(COc2ccc3c(c2)[C@@H](c2ccc(C)cc2)N(C(=O)C2CCCC2)CC3)n1. The number of rotatable bonds is 8. The summed E-state index contributed by atoms with van der Waals surface area (Å²) in [6.45, 7) is 7.11. The molecule has 2 aliphatic rings. The van der Waals surface area contributed by atoms with Gasteiger partial charge >= 0.3 is 0 Å². The van der Waals surface area contributed by atoms with Crippen molar-refractivity contribution in [1.29, 1.82) is 0 Å². The maximum Gasteiger partial charge on any atom is 0.271 e. The van der Waals surface area contributed by atoms with Crippen LogP contribution in [0.25, 0.3) is 0 Å². The van der Waals surface area contributed by atoms with Gasteiger partial charge in [0.2, 0.25) is 5.91 Å². The van der Waals surface area contributed by atoms with E-state index in [9.17, 15) is 9.59 Å². The van der Waals surface area contributed by atoms with Crippen molar-refractivity contribution in [2.45, 2.75) is 51.7 Å². The second kappa shape index (κ2) is 11.3. The highest BCUT2D eigenvalue weighted by atomic mass is 32.1. The fraction of sp³-hybridized carbons (Fsp3) is 0.367. The van der Waals surface area contributed by atoms with Crippen LogP contribution in [0.2, 0.25) is 0 Å². The van der Waals surface area contributed by atoms with Gasteiger partial charge in [-0.15, -0.1) is 17.9 Å². The van der Waals surface area contributed by atoms with E-state index in [1.165, 1.54) is 22.5 Å². The highest BCUT2D eigenvalue weighted by molar-refractivity contribution is 7.09. The molecule has 37 heavy (non-hydrogen) atoms. The van der Waals surface area contributed by atoms with E-state index >= 15 is 0 Å². The maximum atomic E-state index is 13.6. The lowest BCUT2D eigenvalue weighted by molar-refractivity contribution is -0.137. The number of aromatic nitrogens is 1. The highest BCUT2D eigenvalue weighted by Crippen LogP contribution is 2.40. The zero-order valence-electron chi connectivity index (χ0n) is 21.2. The van der Waals surface area contributed by atoms with Crippen LogP contribution in [0.5, 0.6) is 5.75 Å². The van der Waals surface area contributed by atoms with E-state index < -0.39 is 0 Å². The fourth-order valence-electron chi connectivity index (χ4n) is 5.32. The molecule has 1 aromatic heterocycles. The lowest BCUT2D eigenvalue weighted by atomic mass is 9.86. The van der Waals surface area contributed by atoms with Gasteiger partial charge in [-0.1, -0.05) is 54.8 Å². The monoisotopic (exact) mass is 515 g/mol. The minimum absolute atomic E-state index is 0.124. The minimum Gasteiger partial charge on any atom is -0.486 e. The molecule has 0 unspecified atom stereocenters. The Hall–Kier alpha value is -3.45. The van der Waals surface area contributed by atoms with Crippen LogP contribution >= 0.6 is 11.3 Å². The van der Waals surface area contributed by atoms with E-state index in [4.69, 9.17) is 4.74 Å². The van der Waals surface area contributed by atoms with E-state index in [0.717, 1.165) is 60.5 Å². The molecular weight excluding hydrogens is 482 g/mol. The van der Waals surface area contributed by atoms with E-state index in [-0.39, 0.29) is 30.4 Å². The molecule has 1 fully saturated rings. The first-order valence-corrected chi connectivity index (χ1v) is 13.9. The third-order valence-electron chi connectivity index (χ3n) is 7.28. The number of fused-ring (bicyclic) bond motifs is 1. The molecule has 1 aliphatic carbocycles. The number of hydrogen-bond donors (Lipinski definition) is 1. The average molecular weight is 516 g/mol. The standard InChI is InChI=1S/C30H33N3O3S/c1-3-15-31-29(34)26-19-37-27(32-26)18-36-24-13-12-21-14-16-33(30(35)23-6-4-5-7-23)28(25(21)17-24)22-10-8-20(2)9-11-22/h3,8-13,17,19,23,28H,1,4-7,14-16,18H2,2H3,(H,31,34)/t28-/m1/s1. The predicted octanol–water partition coefficient (Wildman–Crippen LogP) is 5.61. The molecule has 0 saturated heterocycles. The zero-order chi connectivity index (χ0) is 25.8. The molecule has 192 valence electrons. The molecule has 6 nitrogen and oxygen atoms in total. The number of amides is 2. The Labute approximate surface area is 222 Å². The Balaban J connectivity index is 1.38. The number of nitrogens with zero attached hydrogens (tertiary/aromatic N) is 2. The summed E-state index contributed by atoms with van der Waals surface area (Å²) in [7, 11) is 0. The van der Waals surface area contributed by atoms with Crippen molar-refractivity contribution in [3.8, 4) is 5.75 Å². The summed E-state index contributed by atoms with van der Waals surface area (Å²) in [6.07, 6.45) is 6.74. The Bertz CT molecular complexity index is 1280. The van der Waals surface area contributed by atoms with Gasteiger partial charge in [0.15, 0.2) is 0 Å². The van der Waals surface area contributed by atoms with E-state index in [1.807, 2.05) is 6.07 Å². The molecule has 1 atom stereocenters. The number of ether oxygens (including phenoxy) is 1. The van der Waals surface area contributed by atoms with Gasteiger partial charge in [-0.05, 0) is 55.0 Å². The molecule has 2 aromatic carbocycles. The molecule has 2 amide bonds. The van der Waals surface area contributed by atoms with Crippen LogP contribution in [0.15, 0.2) is 60.5 Å². The van der Waals surface area contributed by atoms with Crippen molar-refractivity contribution in [3.05, 3.63) is 93.5 Å². The van der Waals surface area contributed by atoms with Gasteiger partial charge < -0.3 is 15.0 Å². The van der Waals surface area contributed by atoms with Crippen molar-refractivity contribution in [2.75, 3.05) is 13.1 Å². The lowest BCUT2D eigenvalue weighted by Gasteiger charge is -2.39. The van der Waals surface area contributed by atoms with Crippen LogP contribution in [0.1, 0.15) is 69.5 Å². The minimum atomic E-state index is -0.218. The first-order chi connectivity index (χ1) is 18.0. The normalized spacial score (nSPS) is 17.3. The third-order valence-corrected chi connectivity index (χ3v) is 8.10. The summed E-state index contributed by atoms with van der Waals surface area (Å²) in [5, 5.41) is 5.21. The van der Waals surface area contributed by atoms with Crippen LogP contribution in [-0.2, 0) is 17.8 Å². The van der Waals surface area contributed by atoms with Crippen LogP contribution in [0.3, 0.4) is 0 Å². The van der Waals surface area contributed by atoms with Crippen LogP contribution in [0.4, 0.5) is 0 Å². The number of aryl methyl sites for hydroxylation is 1. The quantitative estimate of drug-likeness (QED) is 0.396. The van der Waals surface area contributed by atoms with Crippen LogP contribution in [0, 0.1) is 12.8 Å². The van der Waals surface area contributed by atoms with E-state index in [0.29, 0.717) is 12.2 Å². The van der Waals surface area contributed by atoms with Gasteiger partial charge in [0.1, 0.15) is 23.1 Å². The van der Waals surface area contributed by atoms with Crippen molar-refractivity contribution in [3.63, 3.8) is 0 Å². The topological polar surface area (TPSA) is 71.5 Å². The number of thiazole rings is 1. The number of nitrogens with one attached hydrogen (secondary N) is 1. The van der Waals surface area contributed by atoms with Crippen molar-refractivity contribution >= 4 is 23.2 Å². The van der Waals surface area contributed by atoms with E-state index in [2.05, 4.69) is 65.1 Å². The number of carbonyl (C=O) groups excluding carboxylic acids is 2. The molecule has 3 aromatic rings. The largest absolute Gasteiger partial charge is 0.486 e. The third kappa shape index (κ3) is 5.62. The number of carbonyl (C=O) groups is 2. The predicted molar refractivity (Wildman–Crippen MR) is 146 cm³/mol. The van der Waals surface area contributed by atoms with Crippen LogP contribution < -0.4 is 10.1 Å². The van der Waals surface area contributed by atoms with Gasteiger partial charge in [0.05, 0.1) is 6.04 Å². The average Bonchev–Trinajstić information content (AvgIpc) is 3.63. The van der Waals surface area contributed by atoms with Gasteiger partial charge in [-0.2, -0.15) is 0 Å². The van der Waals surface area contributed by atoms with Crippen LogP contribution in [-0.4, -0.2) is 34.8 Å². The maximum absolute atomic E-state index is 13.6. The van der Waals surface area contributed by atoms with Crippen molar-refractivity contribution in [1.82, 2.24) is 15.2 Å². The number of benzene rings is 2. The molecule has 0 bridgehead atoms. The summed E-state index contributed by atoms with van der Waals surface area (Å²) in [6, 6.07) is 14.6. The van der Waals surface area contributed by atoms with E-state index in [1.54, 1.807) is 11.5 Å². The summed E-state index contributed by atoms with van der Waals surface area (Å²) >= 11 is 1.40. The summed E-state index contributed by atoms with van der Waals surface area (Å²) < 4.78 is 6.13. The highest BCUT2D eigenvalue weighted by Gasteiger charge is 2.36. The fourth-order valence-corrected chi connectivity index (χ4v) is 6.00. The smallest absolute Gasteiger partial charge is 0.271 e. The summed E-state index contributed by atoms with van der Waals surface area (Å²) in [5.41, 5.74) is 5.10. The second-order valence-electron chi connectivity index (χ2n) is 9.85. The first-order valence-electron chi connectivity index (χ1n) is 13.0. The Morgan fingerprint density at radius 1 is 1.19 bits per heavy atom. The molecule has 0 radical (unpaired) electrons. The zero-order valence-corrected chi connectivity index (χ0v) is 22.1. The first kappa shape index (κ1) is 25.2. The van der Waals surface area contributed by atoms with Gasteiger partial charge in [-0.3, -0.25) is 9.59 Å². The molecule has 7 heteroatoms. The Kier molecular flexibility index (Phi) is 7.70. The second-order valence-corrected chi connectivity index (χ2v) is 10.8. The molecule has 1 saturated carbocycles. The van der Waals surface area contributed by atoms with Crippen molar-refractivity contribution in [2.24, 2.45) is 5.92 Å². The van der Waals surface area contributed by atoms with Gasteiger partial charge in [0.25, 0.3) is 5.91 Å². The molecule has 5 rings (SSSR count). The molecule has 2 heterocycles. The summed E-state index contributed by atoms with van der Waals surface area (Å²) in [5.74, 6) is 0.935. The molecule has 1 N–H and O–H groups in total. The van der Waals surface area contributed by atoms with Crippen molar-refractivity contribution < 1.29 is 14.3 Å². The summed E-state index contributed by atoms with van der Waals surface area (Å²) in [4.78, 5) is 32.3. The van der Waals surface area contributed by atoms with Gasteiger partial charge in [0, 0.05) is 24.4 Å². The molecular formula is C30H33N3O3S. The Morgan fingerprint density at radius 3 is 2.73 bits per heavy atom.